The molecule has 138 valence electrons. The van der Waals surface area contributed by atoms with Crippen molar-refractivity contribution in [3.8, 4) is 6.07 Å². The van der Waals surface area contributed by atoms with Crippen LogP contribution in [0.3, 0.4) is 0 Å². The summed E-state index contributed by atoms with van der Waals surface area (Å²) in [5.41, 5.74) is 2.83. The van der Waals surface area contributed by atoms with Gasteiger partial charge in [-0.2, -0.15) is 10.4 Å². The zero-order chi connectivity index (χ0) is 18.8. The Hall–Kier alpha value is -3.14. The molecule has 2 aromatic rings. The van der Waals surface area contributed by atoms with Crippen molar-refractivity contribution in [1.29, 1.82) is 5.26 Å². The van der Waals surface area contributed by atoms with E-state index in [4.69, 9.17) is 5.26 Å². The molecule has 4 rings (SSSR count). The second kappa shape index (κ2) is 7.23. The third kappa shape index (κ3) is 3.56. The van der Waals surface area contributed by atoms with Gasteiger partial charge in [-0.25, -0.2) is 0 Å². The Balaban J connectivity index is 1.36. The summed E-state index contributed by atoms with van der Waals surface area (Å²) in [6, 6.07) is 10.5. The second-order valence-electron chi connectivity index (χ2n) is 7.11. The molecule has 2 heterocycles. The molecule has 7 nitrogen and oxygen atoms in total. The van der Waals surface area contributed by atoms with Gasteiger partial charge in [0, 0.05) is 18.0 Å². The van der Waals surface area contributed by atoms with Crippen LogP contribution in [0.25, 0.3) is 0 Å². The van der Waals surface area contributed by atoms with Crippen LogP contribution in [0.4, 0.5) is 0 Å². The molecule has 0 unspecified atom stereocenters. The first-order valence-electron chi connectivity index (χ1n) is 9.27. The molecule has 1 aliphatic carbocycles. The molecule has 7 heteroatoms. The van der Waals surface area contributed by atoms with Crippen molar-refractivity contribution in [1.82, 2.24) is 20.0 Å². The van der Waals surface area contributed by atoms with Crippen LogP contribution in [-0.2, 0) is 24.4 Å². The van der Waals surface area contributed by atoms with Crippen molar-refractivity contribution >= 4 is 11.8 Å². The van der Waals surface area contributed by atoms with Gasteiger partial charge in [0.15, 0.2) is 0 Å². The highest BCUT2D eigenvalue weighted by atomic mass is 16.2. The van der Waals surface area contributed by atoms with E-state index in [2.05, 4.69) is 10.4 Å². The SMILES string of the molecule is N#Cc1ccc(C(=O)NCc2cc3n(n2)CCN(C(=O)C2CCC2)C3)cc1. The summed E-state index contributed by atoms with van der Waals surface area (Å²) in [6.45, 7) is 2.31. The lowest BCUT2D eigenvalue weighted by atomic mass is 9.84. The number of nitrogens with one attached hydrogen (secondary N) is 1. The number of carbonyl (C=O) groups excluding carboxylic acids is 2. The zero-order valence-corrected chi connectivity index (χ0v) is 15.0. The normalized spacial score (nSPS) is 16.2. The first-order valence-corrected chi connectivity index (χ1v) is 9.27. The van der Waals surface area contributed by atoms with E-state index in [1.165, 1.54) is 0 Å². The number of benzene rings is 1. The molecular weight excluding hydrogens is 342 g/mol. The average molecular weight is 363 g/mol. The molecule has 2 amide bonds. The topological polar surface area (TPSA) is 91.0 Å². The van der Waals surface area contributed by atoms with Crippen LogP contribution in [0, 0.1) is 17.2 Å². The molecule has 0 bridgehead atoms. The van der Waals surface area contributed by atoms with Crippen LogP contribution in [0.1, 0.15) is 46.6 Å². The van der Waals surface area contributed by atoms with Crippen molar-refractivity contribution < 1.29 is 9.59 Å². The van der Waals surface area contributed by atoms with Gasteiger partial charge in [0.25, 0.3) is 5.91 Å². The molecule has 1 N–H and O–H groups in total. The Morgan fingerprint density at radius 1 is 1.22 bits per heavy atom. The minimum absolute atomic E-state index is 0.202. The second-order valence-corrected chi connectivity index (χ2v) is 7.11. The summed E-state index contributed by atoms with van der Waals surface area (Å²) < 4.78 is 1.92. The van der Waals surface area contributed by atoms with Crippen molar-refractivity contribution in [2.45, 2.75) is 38.9 Å². The van der Waals surface area contributed by atoms with E-state index < -0.39 is 0 Å². The third-order valence-corrected chi connectivity index (χ3v) is 5.32. The molecule has 2 aliphatic rings. The maximum atomic E-state index is 12.4. The number of aromatic nitrogens is 2. The molecule has 1 fully saturated rings. The molecule has 1 aromatic carbocycles. The van der Waals surface area contributed by atoms with Gasteiger partial charge in [0.2, 0.25) is 5.91 Å². The van der Waals surface area contributed by atoms with Crippen LogP contribution < -0.4 is 5.32 Å². The molecule has 27 heavy (non-hydrogen) atoms. The highest BCUT2D eigenvalue weighted by Crippen LogP contribution is 2.29. The van der Waals surface area contributed by atoms with Crippen LogP contribution in [0.5, 0.6) is 0 Å². The lowest BCUT2D eigenvalue weighted by Crippen LogP contribution is -2.43. The molecule has 0 radical (unpaired) electrons. The summed E-state index contributed by atoms with van der Waals surface area (Å²) >= 11 is 0. The number of nitrogens with zero attached hydrogens (tertiary/aromatic N) is 4. The first-order chi connectivity index (χ1) is 13.1. The minimum atomic E-state index is -0.202. The average Bonchev–Trinajstić information content (AvgIpc) is 3.06. The quantitative estimate of drug-likeness (QED) is 0.897. The van der Waals surface area contributed by atoms with Gasteiger partial charge in [-0.1, -0.05) is 6.42 Å². The van der Waals surface area contributed by atoms with Gasteiger partial charge in [-0.3, -0.25) is 14.3 Å². The van der Waals surface area contributed by atoms with Gasteiger partial charge in [-0.15, -0.1) is 0 Å². The highest BCUT2D eigenvalue weighted by molar-refractivity contribution is 5.94. The number of rotatable bonds is 4. The van der Waals surface area contributed by atoms with E-state index in [0.717, 1.165) is 30.7 Å². The van der Waals surface area contributed by atoms with Crippen LogP contribution in [-0.4, -0.2) is 33.0 Å². The fraction of sp³-hybridized carbons (Fsp3) is 0.400. The summed E-state index contributed by atoms with van der Waals surface area (Å²) in [5, 5.41) is 16.2. The molecule has 0 atom stereocenters. The summed E-state index contributed by atoms with van der Waals surface area (Å²) in [6.07, 6.45) is 3.19. The largest absolute Gasteiger partial charge is 0.346 e. The van der Waals surface area contributed by atoms with Crippen molar-refractivity contribution in [3.63, 3.8) is 0 Å². The molecule has 1 aliphatic heterocycles. The standard InChI is InChI=1S/C20H21N5O2/c21-11-14-4-6-15(7-5-14)19(26)22-12-17-10-18-13-24(8-9-25(18)23-17)20(27)16-2-1-3-16/h4-7,10,16H,1-3,8-9,12-13H2,(H,22,26). The van der Waals surface area contributed by atoms with Crippen molar-refractivity contribution in [3.05, 3.63) is 52.8 Å². The predicted octanol–water partition coefficient (Wildman–Crippen LogP) is 1.83. The highest BCUT2D eigenvalue weighted by Gasteiger charge is 2.31. The van der Waals surface area contributed by atoms with Crippen LogP contribution in [0.15, 0.2) is 30.3 Å². The predicted molar refractivity (Wildman–Crippen MR) is 97.3 cm³/mol. The number of nitriles is 1. The van der Waals surface area contributed by atoms with E-state index in [-0.39, 0.29) is 17.7 Å². The molecule has 1 saturated carbocycles. The number of hydrogen-bond acceptors (Lipinski definition) is 4. The Bertz CT molecular complexity index is 905. The monoisotopic (exact) mass is 363 g/mol. The van der Waals surface area contributed by atoms with Crippen molar-refractivity contribution in [2.24, 2.45) is 5.92 Å². The number of fused-ring (bicyclic) bond motifs is 1. The zero-order valence-electron chi connectivity index (χ0n) is 15.0. The molecule has 0 saturated heterocycles. The van der Waals surface area contributed by atoms with Crippen molar-refractivity contribution in [2.75, 3.05) is 6.54 Å². The van der Waals surface area contributed by atoms with E-state index in [0.29, 0.717) is 37.3 Å². The van der Waals surface area contributed by atoms with Gasteiger partial charge in [-0.05, 0) is 43.2 Å². The summed E-state index contributed by atoms with van der Waals surface area (Å²) in [4.78, 5) is 26.6. The third-order valence-electron chi connectivity index (χ3n) is 5.32. The van der Waals surface area contributed by atoms with Crippen LogP contribution >= 0.6 is 0 Å². The van der Waals surface area contributed by atoms with E-state index in [9.17, 15) is 9.59 Å². The Morgan fingerprint density at radius 2 is 2.00 bits per heavy atom. The lowest BCUT2D eigenvalue weighted by Gasteiger charge is -2.34. The maximum Gasteiger partial charge on any atom is 0.251 e. The summed E-state index contributed by atoms with van der Waals surface area (Å²) in [7, 11) is 0. The van der Waals surface area contributed by atoms with Gasteiger partial charge in [0.1, 0.15) is 0 Å². The summed E-state index contributed by atoms with van der Waals surface area (Å²) in [5.74, 6) is 0.280. The number of amides is 2. The fourth-order valence-electron chi connectivity index (χ4n) is 3.48. The molecule has 0 spiro atoms. The van der Waals surface area contributed by atoms with E-state index in [1.807, 2.05) is 21.7 Å². The van der Waals surface area contributed by atoms with E-state index in [1.54, 1.807) is 24.3 Å². The smallest absolute Gasteiger partial charge is 0.251 e. The van der Waals surface area contributed by atoms with Gasteiger partial charge < -0.3 is 10.2 Å². The Morgan fingerprint density at radius 3 is 2.67 bits per heavy atom. The Labute approximate surface area is 157 Å². The molecular formula is C20H21N5O2. The Kier molecular flexibility index (Phi) is 4.63. The van der Waals surface area contributed by atoms with Crippen LogP contribution in [0.2, 0.25) is 0 Å². The fourth-order valence-corrected chi connectivity index (χ4v) is 3.48. The number of carbonyl (C=O) groups is 2. The minimum Gasteiger partial charge on any atom is -0.346 e. The first kappa shape index (κ1) is 17.3. The molecule has 1 aromatic heterocycles. The van der Waals surface area contributed by atoms with Gasteiger partial charge in [0.05, 0.1) is 42.7 Å². The van der Waals surface area contributed by atoms with E-state index >= 15 is 0 Å². The van der Waals surface area contributed by atoms with Gasteiger partial charge >= 0.3 is 0 Å². The maximum absolute atomic E-state index is 12.4. The lowest BCUT2D eigenvalue weighted by molar-refractivity contribution is -0.139. The number of hydrogen-bond donors (Lipinski definition) is 1.